The van der Waals surface area contributed by atoms with Gasteiger partial charge in [0.15, 0.2) is 5.82 Å². The quantitative estimate of drug-likeness (QED) is 0.280. The second kappa shape index (κ2) is 10.8. The minimum atomic E-state index is -0.398. The summed E-state index contributed by atoms with van der Waals surface area (Å²) in [6.45, 7) is 6.87. The summed E-state index contributed by atoms with van der Waals surface area (Å²) in [6.07, 6.45) is 5.59. The van der Waals surface area contributed by atoms with Crippen molar-refractivity contribution in [1.29, 1.82) is 0 Å². The van der Waals surface area contributed by atoms with Gasteiger partial charge in [0, 0.05) is 49.6 Å². The summed E-state index contributed by atoms with van der Waals surface area (Å²) in [7, 11) is 0. The Morgan fingerprint density at radius 3 is 2.42 bits per heavy atom. The van der Waals surface area contributed by atoms with Gasteiger partial charge < -0.3 is 9.88 Å². The van der Waals surface area contributed by atoms with E-state index in [1.165, 1.54) is 6.42 Å². The topological polar surface area (TPSA) is 126 Å². The Balaban J connectivity index is 1.36. The molecule has 0 radical (unpaired) electrons. The van der Waals surface area contributed by atoms with Crippen molar-refractivity contribution < 1.29 is 4.92 Å². The highest BCUT2D eigenvalue weighted by Crippen LogP contribution is 2.34. The Labute approximate surface area is 231 Å². The van der Waals surface area contributed by atoms with Crippen molar-refractivity contribution >= 4 is 22.3 Å². The first kappa shape index (κ1) is 26.1. The maximum Gasteiger partial charge on any atom is 0.269 e. The molecule has 40 heavy (non-hydrogen) atoms. The lowest BCUT2D eigenvalue weighted by atomic mass is 9.94. The third kappa shape index (κ3) is 4.85. The molecular formula is C29H34N8O3. The molecule has 1 aliphatic carbocycles. The number of tetrazole rings is 1. The molecule has 11 nitrogen and oxygen atoms in total. The van der Waals surface area contributed by atoms with E-state index in [4.69, 9.17) is 0 Å². The number of aromatic nitrogens is 5. The molecular weight excluding hydrogens is 508 g/mol. The number of nitro benzene ring substituents is 1. The average Bonchev–Trinajstić information content (AvgIpc) is 3.46. The van der Waals surface area contributed by atoms with E-state index >= 15 is 0 Å². The number of benzene rings is 2. The van der Waals surface area contributed by atoms with Crippen LogP contribution in [-0.2, 0) is 0 Å². The van der Waals surface area contributed by atoms with E-state index in [2.05, 4.69) is 42.4 Å². The van der Waals surface area contributed by atoms with Crippen LogP contribution in [0.25, 0.3) is 10.9 Å². The van der Waals surface area contributed by atoms with Crippen LogP contribution in [0.3, 0.4) is 0 Å². The molecule has 2 fully saturated rings. The number of rotatable bonds is 6. The second-order valence-corrected chi connectivity index (χ2v) is 11.0. The highest BCUT2D eigenvalue weighted by Gasteiger charge is 2.34. The Hall–Kier alpha value is -4.12. The Morgan fingerprint density at radius 2 is 1.73 bits per heavy atom. The maximum absolute atomic E-state index is 13.7. The van der Waals surface area contributed by atoms with Gasteiger partial charge in [-0.2, -0.15) is 0 Å². The number of piperazine rings is 1. The number of hydrogen-bond donors (Lipinski definition) is 1. The maximum atomic E-state index is 13.7. The number of nitro groups is 1. The van der Waals surface area contributed by atoms with Crippen LogP contribution in [-0.4, -0.2) is 61.2 Å². The highest BCUT2D eigenvalue weighted by molar-refractivity contribution is 5.83. The smallest absolute Gasteiger partial charge is 0.269 e. The Bertz CT molecular complexity index is 1580. The summed E-state index contributed by atoms with van der Waals surface area (Å²) in [5, 5.41) is 25.1. The highest BCUT2D eigenvalue weighted by atomic mass is 16.6. The predicted molar refractivity (Wildman–Crippen MR) is 153 cm³/mol. The molecule has 1 N–H and O–H groups in total. The van der Waals surface area contributed by atoms with Crippen molar-refractivity contribution in [2.45, 2.75) is 58.0 Å². The number of hydrogen-bond acceptors (Lipinski definition) is 8. The van der Waals surface area contributed by atoms with Crippen molar-refractivity contribution in [1.82, 2.24) is 30.1 Å². The summed E-state index contributed by atoms with van der Waals surface area (Å²) >= 11 is 0. The van der Waals surface area contributed by atoms with Crippen LogP contribution in [0.5, 0.6) is 0 Å². The van der Waals surface area contributed by atoms with E-state index < -0.39 is 6.04 Å². The van der Waals surface area contributed by atoms with Crippen LogP contribution >= 0.6 is 0 Å². The standard InChI is InChI=1S/C29H34N8O3/c1-19-8-9-21-18-25(29(38)30-26(21)20(19)2)27(28-31-32-33-36(28)23-6-4-3-5-7-23)35-16-14-34(15-17-35)22-10-12-24(13-11-22)37(39)40/h8-13,18,23,27H,3-7,14-17H2,1-2H3,(H,30,38). The van der Waals surface area contributed by atoms with Gasteiger partial charge in [-0.05, 0) is 71.8 Å². The fraction of sp³-hybridized carbons (Fsp3) is 0.448. The lowest BCUT2D eigenvalue weighted by Crippen LogP contribution is -2.49. The van der Waals surface area contributed by atoms with Gasteiger partial charge >= 0.3 is 0 Å². The normalized spacial score (nSPS) is 17.8. The number of H-pyrrole nitrogens is 1. The number of aromatic amines is 1. The largest absolute Gasteiger partial charge is 0.369 e. The average molecular weight is 543 g/mol. The van der Waals surface area contributed by atoms with Gasteiger partial charge in [-0.1, -0.05) is 31.4 Å². The van der Waals surface area contributed by atoms with E-state index in [0.29, 0.717) is 37.6 Å². The number of anilines is 1. The monoisotopic (exact) mass is 542 g/mol. The van der Waals surface area contributed by atoms with Crippen LogP contribution in [0.2, 0.25) is 0 Å². The third-order valence-corrected chi connectivity index (χ3v) is 8.66. The lowest BCUT2D eigenvalue weighted by Gasteiger charge is -2.40. The third-order valence-electron chi connectivity index (χ3n) is 8.66. The van der Waals surface area contributed by atoms with Gasteiger partial charge in [0.25, 0.3) is 11.2 Å². The molecule has 1 aliphatic heterocycles. The first-order chi connectivity index (χ1) is 19.4. The number of fused-ring (bicyclic) bond motifs is 1. The Morgan fingerprint density at radius 1 is 1.00 bits per heavy atom. The summed E-state index contributed by atoms with van der Waals surface area (Å²) in [4.78, 5) is 32.1. The van der Waals surface area contributed by atoms with Gasteiger partial charge in [0.05, 0.1) is 16.5 Å². The first-order valence-electron chi connectivity index (χ1n) is 14.0. The van der Waals surface area contributed by atoms with Crippen molar-refractivity contribution in [3.05, 3.63) is 85.4 Å². The van der Waals surface area contributed by atoms with E-state index in [1.54, 1.807) is 24.3 Å². The molecule has 1 saturated carbocycles. The number of pyridine rings is 1. The summed E-state index contributed by atoms with van der Waals surface area (Å²) < 4.78 is 1.97. The summed E-state index contributed by atoms with van der Waals surface area (Å²) in [5.74, 6) is 0.712. The molecule has 0 amide bonds. The molecule has 2 aromatic heterocycles. The molecule has 11 heteroatoms. The fourth-order valence-corrected chi connectivity index (χ4v) is 6.23. The molecule has 4 aromatic rings. The van der Waals surface area contributed by atoms with Crippen molar-refractivity contribution in [2.75, 3.05) is 31.1 Å². The van der Waals surface area contributed by atoms with Gasteiger partial charge in [-0.25, -0.2) is 4.68 Å². The second-order valence-electron chi connectivity index (χ2n) is 11.0. The van der Waals surface area contributed by atoms with E-state index in [1.807, 2.05) is 24.6 Å². The zero-order valence-electron chi connectivity index (χ0n) is 22.9. The number of nitrogens with one attached hydrogen (secondary N) is 1. The molecule has 1 saturated heterocycles. The zero-order chi connectivity index (χ0) is 27.8. The minimum Gasteiger partial charge on any atom is -0.369 e. The van der Waals surface area contributed by atoms with Crippen LogP contribution in [0, 0.1) is 24.0 Å². The number of aryl methyl sites for hydroxylation is 2. The number of nitrogens with zero attached hydrogens (tertiary/aromatic N) is 7. The van der Waals surface area contributed by atoms with Gasteiger partial charge in [-0.15, -0.1) is 5.10 Å². The zero-order valence-corrected chi connectivity index (χ0v) is 22.9. The molecule has 2 aromatic carbocycles. The first-order valence-corrected chi connectivity index (χ1v) is 14.0. The van der Waals surface area contributed by atoms with Gasteiger partial charge in [0.2, 0.25) is 0 Å². The van der Waals surface area contributed by atoms with Crippen molar-refractivity contribution in [3.63, 3.8) is 0 Å². The molecule has 3 heterocycles. The van der Waals surface area contributed by atoms with E-state index in [9.17, 15) is 14.9 Å². The molecule has 0 bridgehead atoms. The molecule has 1 unspecified atom stereocenters. The number of non-ortho nitro benzene ring substituents is 1. The molecule has 6 rings (SSSR count). The van der Waals surface area contributed by atoms with Crippen molar-refractivity contribution in [2.24, 2.45) is 0 Å². The van der Waals surface area contributed by atoms with Gasteiger partial charge in [-0.3, -0.25) is 19.8 Å². The summed E-state index contributed by atoms with van der Waals surface area (Å²) in [6, 6.07) is 12.7. The van der Waals surface area contributed by atoms with Crippen LogP contribution < -0.4 is 10.5 Å². The molecule has 1 atom stereocenters. The lowest BCUT2D eigenvalue weighted by molar-refractivity contribution is -0.384. The minimum absolute atomic E-state index is 0.0814. The van der Waals surface area contributed by atoms with Crippen LogP contribution in [0.15, 0.2) is 47.3 Å². The fourth-order valence-electron chi connectivity index (χ4n) is 6.23. The SMILES string of the molecule is Cc1ccc2cc(C(c3nnnn3C3CCCCC3)N3CCN(c4ccc([N+](=O)[O-])cc4)CC3)c(=O)[nH]c2c1C. The molecule has 0 spiro atoms. The summed E-state index contributed by atoms with van der Waals surface area (Å²) in [5.41, 5.74) is 4.62. The van der Waals surface area contributed by atoms with Crippen molar-refractivity contribution in [3.8, 4) is 0 Å². The molecule has 2 aliphatic rings. The van der Waals surface area contributed by atoms with Crippen LogP contribution in [0.4, 0.5) is 11.4 Å². The Kier molecular flexibility index (Phi) is 7.05. The van der Waals surface area contributed by atoms with E-state index in [0.717, 1.165) is 53.4 Å². The van der Waals surface area contributed by atoms with E-state index in [-0.39, 0.29) is 22.2 Å². The van der Waals surface area contributed by atoms with Crippen LogP contribution in [0.1, 0.15) is 66.7 Å². The molecule has 208 valence electrons. The predicted octanol–water partition coefficient (Wildman–Crippen LogP) is 4.46. The van der Waals surface area contributed by atoms with Gasteiger partial charge in [0.1, 0.15) is 6.04 Å².